The molecule has 1 atom stereocenters. The molecule has 0 radical (unpaired) electrons. The molecule has 124 valence electrons. The number of rotatable bonds is 7. The van der Waals surface area contributed by atoms with Gasteiger partial charge >= 0.3 is 0 Å². The van der Waals surface area contributed by atoms with E-state index >= 15 is 0 Å². The molecule has 1 fully saturated rings. The highest BCUT2D eigenvalue weighted by Gasteiger charge is 2.29. The highest BCUT2D eigenvalue weighted by atomic mass is 32.2. The lowest BCUT2D eigenvalue weighted by atomic mass is 10.0. The molecular formula is C15H21N5OS2. The number of nitrogens with zero attached hydrogens (tertiary/aromatic N) is 3. The van der Waals surface area contributed by atoms with Crippen molar-refractivity contribution in [3.05, 3.63) is 22.4 Å². The Balaban J connectivity index is 1.59. The summed E-state index contributed by atoms with van der Waals surface area (Å²) in [5.41, 5.74) is 5.85. The fraction of sp³-hybridized carbons (Fsp3) is 0.533. The summed E-state index contributed by atoms with van der Waals surface area (Å²) in [6, 6.07) is 4.53. The van der Waals surface area contributed by atoms with Crippen molar-refractivity contribution in [1.82, 2.24) is 20.1 Å². The topological polar surface area (TPSA) is 85.8 Å². The Kier molecular flexibility index (Phi) is 4.91. The second kappa shape index (κ2) is 6.92. The highest BCUT2D eigenvalue weighted by Crippen LogP contribution is 2.39. The number of nitrogens with two attached hydrogens (primary N) is 1. The Morgan fingerprint density at radius 2 is 2.30 bits per heavy atom. The van der Waals surface area contributed by atoms with E-state index in [-0.39, 0.29) is 11.9 Å². The molecule has 1 saturated carbocycles. The van der Waals surface area contributed by atoms with E-state index in [0.29, 0.717) is 23.7 Å². The lowest BCUT2D eigenvalue weighted by Crippen LogP contribution is -2.32. The van der Waals surface area contributed by atoms with Gasteiger partial charge in [0.15, 0.2) is 5.16 Å². The van der Waals surface area contributed by atoms with Crippen LogP contribution in [0, 0.1) is 5.92 Å². The zero-order valence-corrected chi connectivity index (χ0v) is 14.9. The molecule has 0 bridgehead atoms. The lowest BCUT2D eigenvalue weighted by Gasteiger charge is -2.21. The summed E-state index contributed by atoms with van der Waals surface area (Å²) in [6.07, 6.45) is 2.21. The van der Waals surface area contributed by atoms with Crippen LogP contribution in [0.1, 0.15) is 43.6 Å². The van der Waals surface area contributed by atoms with Crippen LogP contribution >= 0.6 is 23.1 Å². The maximum atomic E-state index is 12.3. The number of carbonyl (C=O) groups is 1. The van der Waals surface area contributed by atoms with Crippen molar-refractivity contribution in [2.45, 2.75) is 43.9 Å². The van der Waals surface area contributed by atoms with Crippen LogP contribution in [0.3, 0.4) is 0 Å². The first kappa shape index (κ1) is 16.3. The summed E-state index contributed by atoms with van der Waals surface area (Å²) >= 11 is 3.07. The minimum absolute atomic E-state index is 0.00557. The third-order valence-corrected chi connectivity index (χ3v) is 5.67. The Labute approximate surface area is 143 Å². The number of nitrogen functional groups attached to an aromatic ring is 1. The quantitative estimate of drug-likeness (QED) is 0.749. The summed E-state index contributed by atoms with van der Waals surface area (Å²) in [5.74, 6) is 1.10. The first-order chi connectivity index (χ1) is 11.1. The molecule has 2 aromatic heterocycles. The monoisotopic (exact) mass is 351 g/mol. The first-order valence-electron chi connectivity index (χ1n) is 7.72. The van der Waals surface area contributed by atoms with E-state index in [1.165, 1.54) is 16.6 Å². The van der Waals surface area contributed by atoms with E-state index in [9.17, 15) is 4.79 Å². The van der Waals surface area contributed by atoms with Gasteiger partial charge in [-0.15, -0.1) is 21.5 Å². The third-order valence-electron chi connectivity index (χ3n) is 3.77. The third kappa shape index (κ3) is 3.87. The van der Waals surface area contributed by atoms with Crippen LogP contribution < -0.4 is 11.1 Å². The van der Waals surface area contributed by atoms with Crippen molar-refractivity contribution >= 4 is 35.0 Å². The Bertz CT molecular complexity index is 663. The SMILES string of the molecule is CC(C)[C@H](NC(=O)CSc1nnc(N)n1C1CC1)c1cccs1. The summed E-state index contributed by atoms with van der Waals surface area (Å²) < 4.78 is 1.94. The van der Waals surface area contributed by atoms with Crippen molar-refractivity contribution < 1.29 is 4.79 Å². The number of carbonyl (C=O) groups excluding carboxylic acids is 1. The Morgan fingerprint density at radius 3 is 2.91 bits per heavy atom. The summed E-state index contributed by atoms with van der Waals surface area (Å²) in [4.78, 5) is 13.5. The standard InChI is InChI=1S/C15H21N5OS2/c1-9(2)13(11-4-3-7-22-11)17-12(21)8-23-15-19-18-14(16)20(15)10-5-6-10/h3-4,7,9-10,13H,5-6,8H2,1-2H3,(H2,16,18)(H,17,21)/t13-/m0/s1. The molecule has 2 heterocycles. The highest BCUT2D eigenvalue weighted by molar-refractivity contribution is 7.99. The van der Waals surface area contributed by atoms with E-state index in [1.54, 1.807) is 11.3 Å². The average molecular weight is 352 g/mol. The first-order valence-corrected chi connectivity index (χ1v) is 9.58. The van der Waals surface area contributed by atoms with Crippen LogP contribution in [-0.4, -0.2) is 26.4 Å². The van der Waals surface area contributed by atoms with Gasteiger partial charge in [-0.1, -0.05) is 31.7 Å². The fourth-order valence-corrected chi connectivity index (χ4v) is 4.22. The summed E-state index contributed by atoms with van der Waals surface area (Å²) in [5, 5.41) is 13.9. The van der Waals surface area contributed by atoms with Crippen LogP contribution in [0.4, 0.5) is 5.95 Å². The largest absolute Gasteiger partial charge is 0.368 e. The van der Waals surface area contributed by atoms with E-state index in [1.807, 2.05) is 16.0 Å². The van der Waals surface area contributed by atoms with Gasteiger partial charge < -0.3 is 11.1 Å². The van der Waals surface area contributed by atoms with Gasteiger partial charge in [-0.25, -0.2) is 0 Å². The molecule has 8 heteroatoms. The number of hydrogen-bond acceptors (Lipinski definition) is 6. The molecule has 0 aliphatic heterocycles. The number of thioether (sulfide) groups is 1. The molecule has 6 nitrogen and oxygen atoms in total. The van der Waals surface area contributed by atoms with Crippen molar-refractivity contribution in [2.75, 3.05) is 11.5 Å². The smallest absolute Gasteiger partial charge is 0.230 e. The predicted molar refractivity (Wildman–Crippen MR) is 93.5 cm³/mol. The second-order valence-electron chi connectivity index (χ2n) is 6.04. The van der Waals surface area contributed by atoms with Gasteiger partial charge in [0.2, 0.25) is 11.9 Å². The molecular weight excluding hydrogens is 330 g/mol. The van der Waals surface area contributed by atoms with Gasteiger partial charge in [0.05, 0.1) is 11.8 Å². The fourth-order valence-electron chi connectivity index (χ4n) is 2.44. The number of aromatic nitrogens is 3. The van der Waals surface area contributed by atoms with Crippen molar-refractivity contribution in [3.8, 4) is 0 Å². The van der Waals surface area contributed by atoms with Gasteiger partial charge in [0, 0.05) is 10.9 Å². The van der Waals surface area contributed by atoms with Gasteiger partial charge in [-0.05, 0) is 30.2 Å². The number of nitrogens with one attached hydrogen (secondary N) is 1. The molecule has 3 rings (SSSR count). The van der Waals surface area contributed by atoms with E-state index in [2.05, 4.69) is 35.4 Å². The summed E-state index contributed by atoms with van der Waals surface area (Å²) in [7, 11) is 0. The van der Waals surface area contributed by atoms with E-state index in [0.717, 1.165) is 18.0 Å². The molecule has 2 aromatic rings. The van der Waals surface area contributed by atoms with Crippen molar-refractivity contribution in [2.24, 2.45) is 5.92 Å². The molecule has 23 heavy (non-hydrogen) atoms. The maximum absolute atomic E-state index is 12.3. The molecule has 0 spiro atoms. The minimum atomic E-state index is 0.00557. The molecule has 3 N–H and O–H groups in total. The summed E-state index contributed by atoms with van der Waals surface area (Å²) in [6.45, 7) is 4.23. The number of hydrogen-bond donors (Lipinski definition) is 2. The zero-order chi connectivity index (χ0) is 16.4. The molecule has 1 aliphatic carbocycles. The predicted octanol–water partition coefficient (Wildman–Crippen LogP) is 2.86. The molecule has 0 saturated heterocycles. The normalized spacial score (nSPS) is 15.8. The van der Waals surface area contributed by atoms with Crippen LogP contribution in [0.25, 0.3) is 0 Å². The zero-order valence-electron chi connectivity index (χ0n) is 13.2. The van der Waals surface area contributed by atoms with Crippen LogP contribution in [-0.2, 0) is 4.79 Å². The van der Waals surface area contributed by atoms with Gasteiger partial charge in [-0.2, -0.15) is 0 Å². The lowest BCUT2D eigenvalue weighted by molar-refractivity contribution is -0.119. The van der Waals surface area contributed by atoms with Gasteiger partial charge in [0.25, 0.3) is 0 Å². The van der Waals surface area contributed by atoms with Gasteiger partial charge in [0.1, 0.15) is 0 Å². The molecule has 0 unspecified atom stereocenters. The van der Waals surface area contributed by atoms with Crippen LogP contribution in [0.2, 0.25) is 0 Å². The van der Waals surface area contributed by atoms with Gasteiger partial charge in [-0.3, -0.25) is 9.36 Å². The van der Waals surface area contributed by atoms with Crippen molar-refractivity contribution in [3.63, 3.8) is 0 Å². The Morgan fingerprint density at radius 1 is 1.52 bits per heavy atom. The molecule has 0 aromatic carbocycles. The van der Waals surface area contributed by atoms with Crippen molar-refractivity contribution in [1.29, 1.82) is 0 Å². The maximum Gasteiger partial charge on any atom is 0.230 e. The van der Waals surface area contributed by atoms with E-state index < -0.39 is 0 Å². The van der Waals surface area contributed by atoms with Crippen LogP contribution in [0.5, 0.6) is 0 Å². The Hall–Kier alpha value is -1.54. The minimum Gasteiger partial charge on any atom is -0.368 e. The number of anilines is 1. The number of thiophene rings is 1. The second-order valence-corrected chi connectivity index (χ2v) is 7.96. The number of amides is 1. The van der Waals surface area contributed by atoms with Crippen LogP contribution in [0.15, 0.2) is 22.7 Å². The average Bonchev–Trinajstić information content (AvgIpc) is 3.06. The molecule has 1 amide bonds. The van der Waals surface area contributed by atoms with E-state index in [4.69, 9.17) is 5.73 Å². The molecule has 1 aliphatic rings.